The zero-order valence-corrected chi connectivity index (χ0v) is 8.10. The van der Waals surface area contributed by atoms with Gasteiger partial charge in [-0.3, -0.25) is 4.79 Å². The number of carbonyl (C=O) groups is 1. The van der Waals surface area contributed by atoms with Crippen LogP contribution in [-0.2, 0) is 0 Å². The Morgan fingerprint density at radius 1 is 1.50 bits per heavy atom. The second kappa shape index (κ2) is 3.48. The molecule has 14 heavy (non-hydrogen) atoms. The van der Waals surface area contributed by atoms with Gasteiger partial charge in [-0.25, -0.2) is 4.39 Å². The van der Waals surface area contributed by atoms with E-state index in [9.17, 15) is 9.18 Å². The maximum absolute atomic E-state index is 13.2. The molecule has 1 heterocycles. The van der Waals surface area contributed by atoms with E-state index in [0.29, 0.717) is 15.6 Å². The first-order valence-corrected chi connectivity index (χ1v) is 5.01. The molecule has 1 aromatic heterocycles. The first-order chi connectivity index (χ1) is 6.74. The summed E-state index contributed by atoms with van der Waals surface area (Å²) in [6, 6.07) is 4.71. The first-order valence-electron chi connectivity index (χ1n) is 4.13. The maximum Gasteiger partial charge on any atom is 0.177 e. The van der Waals surface area contributed by atoms with Crippen LogP contribution in [0.1, 0.15) is 10.4 Å². The van der Waals surface area contributed by atoms with E-state index in [1.165, 1.54) is 17.4 Å². The molecule has 0 unspecified atom stereocenters. The van der Waals surface area contributed by atoms with Crippen molar-refractivity contribution in [2.24, 2.45) is 5.73 Å². The lowest BCUT2D eigenvalue weighted by atomic mass is 10.1. The Hall–Kier alpha value is -1.26. The number of rotatable bonds is 2. The van der Waals surface area contributed by atoms with Crippen LogP contribution in [0.2, 0.25) is 0 Å². The molecule has 0 aliphatic carbocycles. The molecular weight excluding hydrogens is 201 g/mol. The van der Waals surface area contributed by atoms with E-state index in [1.54, 1.807) is 17.5 Å². The number of halogens is 1. The van der Waals surface area contributed by atoms with Gasteiger partial charge >= 0.3 is 0 Å². The number of thiophene rings is 1. The fourth-order valence-electron chi connectivity index (χ4n) is 1.35. The van der Waals surface area contributed by atoms with Gasteiger partial charge in [0.1, 0.15) is 5.82 Å². The summed E-state index contributed by atoms with van der Waals surface area (Å²) in [5.74, 6) is -0.439. The summed E-state index contributed by atoms with van der Waals surface area (Å²) in [6.45, 7) is -0.0393. The Kier molecular flexibility index (Phi) is 2.31. The molecule has 72 valence electrons. The lowest BCUT2D eigenvalue weighted by Crippen LogP contribution is -2.12. The van der Waals surface area contributed by atoms with Crippen LogP contribution in [0.25, 0.3) is 10.1 Å². The minimum Gasteiger partial charge on any atom is -0.324 e. The molecule has 0 radical (unpaired) electrons. The third-order valence-electron chi connectivity index (χ3n) is 2.04. The predicted octanol–water partition coefficient (Wildman–Crippen LogP) is 2.18. The summed E-state index contributed by atoms with van der Waals surface area (Å²) in [4.78, 5) is 11.4. The minimum absolute atomic E-state index is 0.0393. The van der Waals surface area contributed by atoms with E-state index in [1.807, 2.05) is 0 Å². The van der Waals surface area contributed by atoms with Crippen LogP contribution in [0.4, 0.5) is 4.39 Å². The van der Waals surface area contributed by atoms with Crippen molar-refractivity contribution < 1.29 is 9.18 Å². The molecule has 0 amide bonds. The fourth-order valence-corrected chi connectivity index (χ4v) is 2.33. The zero-order chi connectivity index (χ0) is 10.1. The van der Waals surface area contributed by atoms with E-state index >= 15 is 0 Å². The molecule has 0 aliphatic rings. The highest BCUT2D eigenvalue weighted by Crippen LogP contribution is 2.28. The van der Waals surface area contributed by atoms with Crippen LogP contribution in [0.3, 0.4) is 0 Å². The van der Waals surface area contributed by atoms with E-state index < -0.39 is 0 Å². The van der Waals surface area contributed by atoms with Crippen molar-refractivity contribution >= 4 is 27.2 Å². The Morgan fingerprint density at radius 3 is 3.00 bits per heavy atom. The minimum atomic E-state index is -0.288. The van der Waals surface area contributed by atoms with Crippen molar-refractivity contribution in [2.75, 3.05) is 6.54 Å². The average molecular weight is 209 g/mol. The molecule has 0 saturated heterocycles. The quantitative estimate of drug-likeness (QED) is 0.770. The van der Waals surface area contributed by atoms with Crippen molar-refractivity contribution in [3.8, 4) is 0 Å². The molecule has 2 N–H and O–H groups in total. The van der Waals surface area contributed by atoms with E-state index in [-0.39, 0.29) is 18.1 Å². The van der Waals surface area contributed by atoms with Crippen molar-refractivity contribution in [3.05, 3.63) is 35.0 Å². The summed E-state index contributed by atoms with van der Waals surface area (Å²) in [5, 5.41) is 2.31. The third-order valence-corrected chi connectivity index (χ3v) is 3.04. The van der Waals surface area contributed by atoms with Gasteiger partial charge in [-0.15, -0.1) is 11.3 Å². The summed E-state index contributed by atoms with van der Waals surface area (Å²) in [6.07, 6.45) is 0. The number of hydrogen-bond acceptors (Lipinski definition) is 3. The predicted molar refractivity (Wildman–Crippen MR) is 55.2 cm³/mol. The van der Waals surface area contributed by atoms with Crippen molar-refractivity contribution in [1.29, 1.82) is 0 Å². The van der Waals surface area contributed by atoms with Crippen LogP contribution in [0.5, 0.6) is 0 Å². The second-order valence-electron chi connectivity index (χ2n) is 2.89. The molecule has 0 spiro atoms. The lowest BCUT2D eigenvalue weighted by molar-refractivity contribution is 0.100. The van der Waals surface area contributed by atoms with Crippen LogP contribution in [0, 0.1) is 5.82 Å². The van der Waals surface area contributed by atoms with Crippen molar-refractivity contribution in [2.45, 2.75) is 0 Å². The number of nitrogens with two attached hydrogens (primary N) is 1. The highest BCUT2D eigenvalue weighted by atomic mass is 32.1. The zero-order valence-electron chi connectivity index (χ0n) is 7.29. The number of benzene rings is 1. The maximum atomic E-state index is 13.2. The van der Waals surface area contributed by atoms with Crippen LogP contribution in [0.15, 0.2) is 23.6 Å². The van der Waals surface area contributed by atoms with Gasteiger partial charge in [0.2, 0.25) is 0 Å². The number of hydrogen-bond donors (Lipinski definition) is 1. The Labute approximate surface area is 84.2 Å². The monoisotopic (exact) mass is 209 g/mol. The van der Waals surface area contributed by atoms with Crippen LogP contribution >= 0.6 is 11.3 Å². The van der Waals surface area contributed by atoms with Gasteiger partial charge in [0.05, 0.1) is 11.2 Å². The van der Waals surface area contributed by atoms with Gasteiger partial charge < -0.3 is 5.73 Å². The molecular formula is C10H8FNOS. The normalized spacial score (nSPS) is 10.7. The number of ketones is 1. The molecule has 4 heteroatoms. The van der Waals surface area contributed by atoms with E-state index in [4.69, 9.17) is 5.73 Å². The van der Waals surface area contributed by atoms with Gasteiger partial charge in [-0.2, -0.15) is 0 Å². The lowest BCUT2D eigenvalue weighted by Gasteiger charge is -1.95. The Morgan fingerprint density at radius 2 is 2.29 bits per heavy atom. The van der Waals surface area contributed by atoms with Crippen molar-refractivity contribution in [3.63, 3.8) is 0 Å². The molecule has 2 nitrogen and oxygen atoms in total. The van der Waals surface area contributed by atoms with Gasteiger partial charge in [-0.05, 0) is 6.07 Å². The fraction of sp³-hybridized carbons (Fsp3) is 0.100. The van der Waals surface area contributed by atoms with Gasteiger partial charge in [0, 0.05) is 16.3 Å². The molecule has 2 rings (SSSR count). The standard InChI is InChI=1S/C10H8FNOS/c11-8-3-1-2-6-7(9(13)4-12)5-14-10(6)8/h1-3,5H,4,12H2. The van der Waals surface area contributed by atoms with Gasteiger partial charge in [-0.1, -0.05) is 12.1 Å². The summed E-state index contributed by atoms with van der Waals surface area (Å²) >= 11 is 1.23. The molecule has 1 aromatic carbocycles. The van der Waals surface area contributed by atoms with Crippen LogP contribution < -0.4 is 5.73 Å². The van der Waals surface area contributed by atoms with Crippen molar-refractivity contribution in [1.82, 2.24) is 0 Å². The summed E-state index contributed by atoms with van der Waals surface area (Å²) < 4.78 is 13.8. The number of Topliss-reactive ketones (excluding diaryl/α,β-unsaturated/α-hetero) is 1. The summed E-state index contributed by atoms with van der Waals surface area (Å²) in [7, 11) is 0. The number of fused-ring (bicyclic) bond motifs is 1. The number of carbonyl (C=O) groups excluding carboxylic acids is 1. The van der Waals surface area contributed by atoms with E-state index in [2.05, 4.69) is 0 Å². The second-order valence-corrected chi connectivity index (χ2v) is 3.77. The molecule has 0 bridgehead atoms. The largest absolute Gasteiger partial charge is 0.324 e. The third kappa shape index (κ3) is 1.32. The smallest absolute Gasteiger partial charge is 0.177 e. The van der Waals surface area contributed by atoms with Gasteiger partial charge in [0.15, 0.2) is 5.78 Å². The van der Waals surface area contributed by atoms with E-state index in [0.717, 1.165) is 0 Å². The van der Waals surface area contributed by atoms with Gasteiger partial charge in [0.25, 0.3) is 0 Å². The molecule has 0 atom stereocenters. The molecule has 0 fully saturated rings. The molecule has 0 aliphatic heterocycles. The molecule has 0 saturated carbocycles. The first kappa shape index (κ1) is 9.30. The Balaban J connectivity index is 2.70. The molecule has 2 aromatic rings. The summed E-state index contributed by atoms with van der Waals surface area (Å²) in [5.41, 5.74) is 5.77. The highest BCUT2D eigenvalue weighted by Gasteiger charge is 2.12. The SMILES string of the molecule is NCC(=O)c1csc2c(F)cccc12. The topological polar surface area (TPSA) is 43.1 Å². The highest BCUT2D eigenvalue weighted by molar-refractivity contribution is 7.17. The Bertz CT molecular complexity index is 492. The van der Waals surface area contributed by atoms with Crippen LogP contribution in [-0.4, -0.2) is 12.3 Å². The average Bonchev–Trinajstić information content (AvgIpc) is 2.62.